The Kier molecular flexibility index (Phi) is 3.10. The van der Waals surface area contributed by atoms with Gasteiger partial charge >= 0.3 is 5.97 Å². The van der Waals surface area contributed by atoms with E-state index < -0.39 is 5.97 Å². The summed E-state index contributed by atoms with van der Waals surface area (Å²) >= 11 is 5.83. The number of esters is 1. The van der Waals surface area contributed by atoms with E-state index in [-0.39, 0.29) is 11.1 Å². The van der Waals surface area contributed by atoms with Gasteiger partial charge in [-0.2, -0.15) is 5.26 Å². The Hall–Kier alpha value is -1.53. The van der Waals surface area contributed by atoms with Crippen molar-refractivity contribution in [2.75, 3.05) is 7.11 Å². The van der Waals surface area contributed by atoms with Crippen LogP contribution in [0.4, 0.5) is 0 Å². The van der Waals surface area contributed by atoms with E-state index in [0.717, 1.165) is 5.56 Å². The summed E-state index contributed by atoms with van der Waals surface area (Å²) < 4.78 is 4.52. The first kappa shape index (κ1) is 10.6. The lowest BCUT2D eigenvalue weighted by molar-refractivity contribution is 0.0600. The van der Waals surface area contributed by atoms with Crippen LogP contribution in [0, 0.1) is 18.3 Å². The molecule has 0 N–H and O–H groups in total. The average molecular weight is 210 g/mol. The van der Waals surface area contributed by atoms with E-state index in [1.807, 2.05) is 6.07 Å². The Morgan fingerprint density at radius 1 is 1.57 bits per heavy atom. The van der Waals surface area contributed by atoms with Gasteiger partial charge in [-0.3, -0.25) is 0 Å². The van der Waals surface area contributed by atoms with Crippen molar-refractivity contribution < 1.29 is 9.53 Å². The molecular weight excluding hydrogens is 202 g/mol. The number of aryl methyl sites for hydroxylation is 1. The van der Waals surface area contributed by atoms with Gasteiger partial charge in [0.25, 0.3) is 0 Å². The van der Waals surface area contributed by atoms with Crippen LogP contribution in [-0.2, 0) is 4.74 Å². The molecule has 0 aliphatic rings. The van der Waals surface area contributed by atoms with Gasteiger partial charge in [0.05, 0.1) is 18.2 Å². The molecule has 0 fully saturated rings. The molecule has 0 heterocycles. The molecule has 0 spiro atoms. The van der Waals surface area contributed by atoms with Crippen molar-refractivity contribution in [3.63, 3.8) is 0 Å². The van der Waals surface area contributed by atoms with Crippen LogP contribution in [0.5, 0.6) is 0 Å². The first-order valence-electron chi connectivity index (χ1n) is 3.88. The minimum absolute atomic E-state index is 0.200. The van der Waals surface area contributed by atoms with E-state index in [9.17, 15) is 4.79 Å². The molecule has 0 saturated heterocycles. The van der Waals surface area contributed by atoms with E-state index >= 15 is 0 Å². The van der Waals surface area contributed by atoms with Gasteiger partial charge in [0.15, 0.2) is 0 Å². The molecule has 1 rings (SSSR count). The van der Waals surface area contributed by atoms with Crippen molar-refractivity contribution in [2.45, 2.75) is 6.92 Å². The van der Waals surface area contributed by atoms with E-state index in [4.69, 9.17) is 16.9 Å². The van der Waals surface area contributed by atoms with E-state index in [1.165, 1.54) is 13.2 Å². The number of hydrogen-bond donors (Lipinski definition) is 0. The number of benzene rings is 1. The fourth-order valence-electron chi connectivity index (χ4n) is 1.05. The Bertz CT molecular complexity index is 421. The molecule has 4 heteroatoms. The van der Waals surface area contributed by atoms with Crippen molar-refractivity contribution in [2.24, 2.45) is 0 Å². The maximum Gasteiger partial charge on any atom is 0.339 e. The third-order valence-corrected chi connectivity index (χ3v) is 2.23. The molecule has 0 bridgehead atoms. The second-order valence-electron chi connectivity index (χ2n) is 2.75. The van der Waals surface area contributed by atoms with Gasteiger partial charge in [-0.25, -0.2) is 4.79 Å². The van der Waals surface area contributed by atoms with Gasteiger partial charge < -0.3 is 4.74 Å². The highest BCUT2D eigenvalue weighted by Crippen LogP contribution is 2.21. The summed E-state index contributed by atoms with van der Waals surface area (Å²) in [5.41, 5.74) is 1.24. The molecule has 0 unspecified atom stereocenters. The summed E-state index contributed by atoms with van der Waals surface area (Å²) in [7, 11) is 1.26. The van der Waals surface area contributed by atoms with Crippen LogP contribution in [0.25, 0.3) is 0 Å². The maximum absolute atomic E-state index is 11.2. The number of rotatable bonds is 1. The number of nitrogens with zero attached hydrogens (tertiary/aromatic N) is 1. The maximum atomic E-state index is 11.2. The third kappa shape index (κ3) is 1.86. The summed E-state index contributed by atoms with van der Waals surface area (Å²) in [6.45, 7) is 1.77. The van der Waals surface area contributed by atoms with Crippen LogP contribution in [0.1, 0.15) is 21.5 Å². The van der Waals surface area contributed by atoms with Crippen molar-refractivity contribution in [3.8, 4) is 6.07 Å². The molecule has 1 aromatic carbocycles. The Morgan fingerprint density at radius 2 is 2.21 bits per heavy atom. The zero-order valence-corrected chi connectivity index (χ0v) is 8.55. The molecule has 72 valence electrons. The lowest BCUT2D eigenvalue weighted by Crippen LogP contribution is -2.04. The van der Waals surface area contributed by atoms with Crippen molar-refractivity contribution >= 4 is 17.6 Å². The summed E-state index contributed by atoms with van der Waals surface area (Å²) in [5.74, 6) is -0.552. The molecule has 3 nitrogen and oxygen atoms in total. The lowest BCUT2D eigenvalue weighted by atomic mass is 10.1. The highest BCUT2D eigenvalue weighted by Gasteiger charge is 2.13. The molecular formula is C10H8ClNO2. The zero-order valence-electron chi connectivity index (χ0n) is 7.80. The second-order valence-corrected chi connectivity index (χ2v) is 3.16. The van der Waals surface area contributed by atoms with Gasteiger partial charge in [-0.15, -0.1) is 0 Å². The minimum Gasteiger partial charge on any atom is -0.465 e. The van der Waals surface area contributed by atoms with Crippen LogP contribution in [0.3, 0.4) is 0 Å². The predicted octanol–water partition coefficient (Wildman–Crippen LogP) is 2.31. The SMILES string of the molecule is COC(=O)c1cc(Cl)c(C)cc1C#N. The number of methoxy groups -OCH3 is 1. The Labute approximate surface area is 86.9 Å². The smallest absolute Gasteiger partial charge is 0.339 e. The Balaban J connectivity index is 3.36. The van der Waals surface area contributed by atoms with Crippen LogP contribution in [0.2, 0.25) is 5.02 Å². The van der Waals surface area contributed by atoms with Crippen LogP contribution in [-0.4, -0.2) is 13.1 Å². The van der Waals surface area contributed by atoms with E-state index in [2.05, 4.69) is 4.74 Å². The van der Waals surface area contributed by atoms with Gasteiger partial charge in [-0.05, 0) is 24.6 Å². The topological polar surface area (TPSA) is 50.1 Å². The number of carbonyl (C=O) groups excluding carboxylic acids is 1. The summed E-state index contributed by atoms with van der Waals surface area (Å²) in [6.07, 6.45) is 0. The van der Waals surface area contributed by atoms with Gasteiger partial charge in [0, 0.05) is 5.02 Å². The average Bonchev–Trinajstić information content (AvgIpc) is 2.20. The quantitative estimate of drug-likeness (QED) is 0.667. The molecule has 0 aromatic heterocycles. The number of hydrogen-bond acceptors (Lipinski definition) is 3. The van der Waals surface area contributed by atoms with Crippen LogP contribution in [0.15, 0.2) is 12.1 Å². The van der Waals surface area contributed by atoms with Crippen LogP contribution < -0.4 is 0 Å². The van der Waals surface area contributed by atoms with Gasteiger partial charge in [0.2, 0.25) is 0 Å². The normalized spacial score (nSPS) is 9.29. The highest BCUT2D eigenvalue weighted by molar-refractivity contribution is 6.31. The number of carbonyl (C=O) groups is 1. The fraction of sp³-hybridized carbons (Fsp3) is 0.200. The van der Waals surface area contributed by atoms with E-state index in [1.54, 1.807) is 13.0 Å². The monoisotopic (exact) mass is 209 g/mol. The molecule has 0 atom stereocenters. The largest absolute Gasteiger partial charge is 0.465 e. The molecule has 0 aliphatic heterocycles. The Morgan fingerprint density at radius 3 is 2.71 bits per heavy atom. The van der Waals surface area contributed by atoms with Gasteiger partial charge in [-0.1, -0.05) is 11.6 Å². The third-order valence-electron chi connectivity index (χ3n) is 1.82. The van der Waals surface area contributed by atoms with Crippen molar-refractivity contribution in [3.05, 3.63) is 33.8 Å². The molecule has 0 amide bonds. The summed E-state index contributed by atoms with van der Waals surface area (Å²) in [6, 6.07) is 4.93. The van der Waals surface area contributed by atoms with Crippen molar-refractivity contribution in [1.82, 2.24) is 0 Å². The van der Waals surface area contributed by atoms with E-state index in [0.29, 0.717) is 5.02 Å². The molecule has 0 aliphatic carbocycles. The molecule has 14 heavy (non-hydrogen) atoms. The first-order chi connectivity index (χ1) is 6.60. The lowest BCUT2D eigenvalue weighted by Gasteiger charge is -2.04. The zero-order chi connectivity index (χ0) is 10.7. The van der Waals surface area contributed by atoms with Gasteiger partial charge in [0.1, 0.15) is 6.07 Å². The molecule has 0 radical (unpaired) electrons. The summed E-state index contributed by atoms with van der Waals surface area (Å²) in [5, 5.41) is 9.23. The van der Waals surface area contributed by atoms with Crippen LogP contribution >= 0.6 is 11.6 Å². The first-order valence-corrected chi connectivity index (χ1v) is 4.26. The predicted molar refractivity (Wildman–Crippen MR) is 52.2 cm³/mol. The number of halogens is 1. The minimum atomic E-state index is -0.552. The highest BCUT2D eigenvalue weighted by atomic mass is 35.5. The molecule has 1 aromatic rings. The summed E-state index contributed by atoms with van der Waals surface area (Å²) in [4.78, 5) is 11.2. The number of ether oxygens (including phenoxy) is 1. The molecule has 0 saturated carbocycles. The number of nitriles is 1. The standard InChI is InChI=1S/C10H8ClNO2/c1-6-3-7(5-12)8(4-9(6)11)10(13)14-2/h3-4H,1-2H3. The second kappa shape index (κ2) is 4.12. The van der Waals surface area contributed by atoms with Crippen molar-refractivity contribution in [1.29, 1.82) is 5.26 Å². The fourth-order valence-corrected chi connectivity index (χ4v) is 1.22.